The van der Waals surface area contributed by atoms with Crippen LogP contribution in [0.25, 0.3) is 22.4 Å². The van der Waals surface area contributed by atoms with Crippen molar-refractivity contribution in [3.05, 3.63) is 107 Å². The van der Waals surface area contributed by atoms with Gasteiger partial charge in [-0.25, -0.2) is 9.25 Å². The number of nitrogens with one attached hydrogen (secondary N) is 1. The highest BCUT2D eigenvalue weighted by molar-refractivity contribution is 7.98. The molecule has 0 bridgehead atoms. The van der Waals surface area contributed by atoms with Crippen LogP contribution in [-0.2, 0) is 5.75 Å². The lowest BCUT2D eigenvalue weighted by Gasteiger charge is -2.16. The van der Waals surface area contributed by atoms with E-state index in [1.807, 2.05) is 92.7 Å². The zero-order valence-electron chi connectivity index (χ0n) is 19.1. The quantitative estimate of drug-likeness (QED) is 0.312. The fourth-order valence-corrected chi connectivity index (χ4v) is 4.74. The van der Waals surface area contributed by atoms with E-state index >= 15 is 0 Å². The summed E-state index contributed by atoms with van der Waals surface area (Å²) >= 11 is 1.55. The number of anilines is 1. The van der Waals surface area contributed by atoms with Gasteiger partial charge in [0.2, 0.25) is 5.95 Å². The van der Waals surface area contributed by atoms with Crippen LogP contribution in [0.3, 0.4) is 0 Å². The maximum absolute atomic E-state index is 14.0. The van der Waals surface area contributed by atoms with Crippen LogP contribution < -0.4 is 10.9 Å². The highest BCUT2D eigenvalue weighted by atomic mass is 32.2. The second-order valence-corrected chi connectivity index (χ2v) is 9.20. The fourth-order valence-electron chi connectivity index (χ4n) is 3.79. The maximum Gasteiger partial charge on any atom is 0.271 e. The lowest BCUT2D eigenvalue weighted by Crippen LogP contribution is -2.26. The first kappa shape index (κ1) is 22.0. The van der Waals surface area contributed by atoms with Gasteiger partial charge in [0.25, 0.3) is 5.56 Å². The Hall–Kier alpha value is -3.84. The molecule has 0 unspecified atom stereocenters. The molecule has 0 radical (unpaired) electrons. The first-order valence-corrected chi connectivity index (χ1v) is 12.2. The Bertz CT molecular complexity index is 1460. The average Bonchev–Trinajstić information content (AvgIpc) is 3.23. The van der Waals surface area contributed by atoms with Crippen LogP contribution in [0.2, 0.25) is 0 Å². The van der Waals surface area contributed by atoms with E-state index in [1.54, 1.807) is 21.0 Å². The SMILES string of the molecule is CC(C)Nc1nc2c(c(SCc3ccccc3)nn2-c2ccccc2)c(=O)n1-c1ccccc1. The first-order chi connectivity index (χ1) is 16.6. The Kier molecular flexibility index (Phi) is 6.18. The van der Waals surface area contributed by atoms with Gasteiger partial charge in [0.05, 0.1) is 11.4 Å². The molecule has 6 nitrogen and oxygen atoms in total. The van der Waals surface area contributed by atoms with Crippen LogP contribution in [0, 0.1) is 0 Å². The monoisotopic (exact) mass is 467 g/mol. The summed E-state index contributed by atoms with van der Waals surface area (Å²) < 4.78 is 3.41. The summed E-state index contributed by atoms with van der Waals surface area (Å²) in [7, 11) is 0. The second kappa shape index (κ2) is 9.57. The molecule has 0 spiro atoms. The zero-order chi connectivity index (χ0) is 23.5. The van der Waals surface area contributed by atoms with Crippen LogP contribution in [0.1, 0.15) is 19.4 Å². The molecule has 0 aliphatic heterocycles. The molecule has 1 N–H and O–H groups in total. The summed E-state index contributed by atoms with van der Waals surface area (Å²) in [5, 5.41) is 9.41. The lowest BCUT2D eigenvalue weighted by molar-refractivity contribution is 0.831. The molecule has 5 aromatic rings. The van der Waals surface area contributed by atoms with E-state index in [2.05, 4.69) is 17.4 Å². The standard InChI is InChI=1S/C27H25N5OS/c1-19(2)28-27-29-24-23(26(33)31(27)21-14-8-4-9-15-21)25(34-18-20-12-6-3-7-13-20)30-32(24)22-16-10-5-11-17-22/h3-17,19H,18H2,1-2H3,(H,28,29). The molecular weight excluding hydrogens is 442 g/mol. The highest BCUT2D eigenvalue weighted by Gasteiger charge is 2.22. The van der Waals surface area contributed by atoms with Crippen molar-refractivity contribution in [1.29, 1.82) is 0 Å². The van der Waals surface area contributed by atoms with Gasteiger partial charge in [-0.2, -0.15) is 10.1 Å². The van der Waals surface area contributed by atoms with E-state index in [1.165, 1.54) is 5.56 Å². The number of aromatic nitrogens is 4. The minimum Gasteiger partial charge on any atom is -0.353 e. The number of para-hydroxylation sites is 2. The van der Waals surface area contributed by atoms with Gasteiger partial charge in [-0.3, -0.25) is 4.79 Å². The van der Waals surface area contributed by atoms with Crippen LogP contribution >= 0.6 is 11.8 Å². The third kappa shape index (κ3) is 4.34. The fraction of sp³-hybridized carbons (Fsp3) is 0.148. The molecule has 0 fully saturated rings. The molecule has 7 heteroatoms. The zero-order valence-corrected chi connectivity index (χ0v) is 19.9. The predicted molar refractivity (Wildman–Crippen MR) is 139 cm³/mol. The molecule has 5 rings (SSSR count). The maximum atomic E-state index is 14.0. The minimum atomic E-state index is -0.142. The molecule has 0 aliphatic carbocycles. The average molecular weight is 468 g/mol. The third-order valence-corrected chi connectivity index (χ3v) is 6.36. The topological polar surface area (TPSA) is 64.7 Å². The molecule has 0 saturated heterocycles. The van der Waals surface area contributed by atoms with Crippen molar-refractivity contribution < 1.29 is 0 Å². The van der Waals surface area contributed by atoms with Crippen molar-refractivity contribution in [3.8, 4) is 11.4 Å². The van der Waals surface area contributed by atoms with Gasteiger partial charge >= 0.3 is 0 Å². The van der Waals surface area contributed by atoms with Crippen LogP contribution in [-0.4, -0.2) is 25.4 Å². The summed E-state index contributed by atoms with van der Waals surface area (Å²) in [6.07, 6.45) is 0. The number of hydrogen-bond donors (Lipinski definition) is 1. The van der Waals surface area contributed by atoms with Gasteiger partial charge in [0.1, 0.15) is 10.4 Å². The van der Waals surface area contributed by atoms with Crippen LogP contribution in [0.15, 0.2) is 101 Å². The van der Waals surface area contributed by atoms with E-state index in [9.17, 15) is 4.79 Å². The Morgan fingerprint density at radius 2 is 1.44 bits per heavy atom. The molecule has 0 atom stereocenters. The summed E-state index contributed by atoms with van der Waals surface area (Å²) in [4.78, 5) is 19.0. The summed E-state index contributed by atoms with van der Waals surface area (Å²) in [5.41, 5.74) is 3.19. The Labute approximate surface area is 202 Å². The number of rotatable bonds is 7. The van der Waals surface area contributed by atoms with Crippen LogP contribution in [0.4, 0.5) is 5.95 Å². The first-order valence-electron chi connectivity index (χ1n) is 11.2. The highest BCUT2D eigenvalue weighted by Crippen LogP contribution is 2.30. The lowest BCUT2D eigenvalue weighted by atomic mass is 10.2. The van der Waals surface area contributed by atoms with Gasteiger partial charge in [0, 0.05) is 11.8 Å². The van der Waals surface area contributed by atoms with Gasteiger partial charge in [0.15, 0.2) is 5.65 Å². The molecule has 2 heterocycles. The number of fused-ring (bicyclic) bond motifs is 1. The van der Waals surface area contributed by atoms with Gasteiger partial charge in [-0.15, -0.1) is 0 Å². The molecule has 3 aromatic carbocycles. The van der Waals surface area contributed by atoms with E-state index in [-0.39, 0.29) is 11.6 Å². The van der Waals surface area contributed by atoms with Crippen LogP contribution in [0.5, 0.6) is 0 Å². The Morgan fingerprint density at radius 1 is 0.853 bits per heavy atom. The van der Waals surface area contributed by atoms with Crippen molar-refractivity contribution in [2.45, 2.75) is 30.7 Å². The van der Waals surface area contributed by atoms with E-state index in [0.29, 0.717) is 27.8 Å². The van der Waals surface area contributed by atoms with E-state index in [4.69, 9.17) is 10.1 Å². The van der Waals surface area contributed by atoms with Crippen molar-refractivity contribution in [2.75, 3.05) is 5.32 Å². The van der Waals surface area contributed by atoms with Crippen molar-refractivity contribution in [3.63, 3.8) is 0 Å². The molecule has 0 aliphatic rings. The van der Waals surface area contributed by atoms with Crippen molar-refractivity contribution >= 4 is 28.7 Å². The number of nitrogens with zero attached hydrogens (tertiary/aromatic N) is 4. The van der Waals surface area contributed by atoms with Gasteiger partial charge in [-0.1, -0.05) is 78.5 Å². The normalized spacial score (nSPS) is 11.3. The number of hydrogen-bond acceptors (Lipinski definition) is 5. The van der Waals surface area contributed by atoms with Crippen molar-refractivity contribution in [1.82, 2.24) is 19.3 Å². The number of benzene rings is 3. The number of thioether (sulfide) groups is 1. The Balaban J connectivity index is 1.75. The second-order valence-electron chi connectivity index (χ2n) is 8.24. The van der Waals surface area contributed by atoms with Gasteiger partial charge in [-0.05, 0) is 43.7 Å². The largest absolute Gasteiger partial charge is 0.353 e. The molecular formula is C27H25N5OS. The molecule has 34 heavy (non-hydrogen) atoms. The summed E-state index contributed by atoms with van der Waals surface area (Å²) in [6, 6.07) is 29.7. The predicted octanol–water partition coefficient (Wildman–Crippen LogP) is 5.68. The summed E-state index contributed by atoms with van der Waals surface area (Å²) in [6.45, 7) is 4.06. The summed E-state index contributed by atoms with van der Waals surface area (Å²) in [5.74, 6) is 1.20. The molecule has 2 aromatic heterocycles. The smallest absolute Gasteiger partial charge is 0.271 e. The Morgan fingerprint density at radius 3 is 2.06 bits per heavy atom. The molecule has 170 valence electrons. The third-order valence-electron chi connectivity index (χ3n) is 5.32. The van der Waals surface area contributed by atoms with Crippen molar-refractivity contribution in [2.24, 2.45) is 0 Å². The van der Waals surface area contributed by atoms with E-state index < -0.39 is 0 Å². The van der Waals surface area contributed by atoms with Gasteiger partial charge < -0.3 is 5.32 Å². The van der Waals surface area contributed by atoms with E-state index in [0.717, 1.165) is 11.4 Å². The molecule has 0 saturated carbocycles. The molecule has 0 amide bonds. The minimum absolute atomic E-state index is 0.0966.